The number of ketones is 2. The summed E-state index contributed by atoms with van der Waals surface area (Å²) in [5.41, 5.74) is 3.63. The summed E-state index contributed by atoms with van der Waals surface area (Å²) in [5, 5.41) is 0. The van der Waals surface area contributed by atoms with Crippen LogP contribution in [0.15, 0.2) is 47.6 Å². The number of hydrogen-bond acceptors (Lipinski definition) is 2. The van der Waals surface area contributed by atoms with Crippen molar-refractivity contribution >= 4 is 11.6 Å². The maximum atomic E-state index is 12.8. The van der Waals surface area contributed by atoms with Gasteiger partial charge in [-0.05, 0) is 31.3 Å². The van der Waals surface area contributed by atoms with Crippen LogP contribution in [0.2, 0.25) is 0 Å². The van der Waals surface area contributed by atoms with E-state index >= 15 is 0 Å². The van der Waals surface area contributed by atoms with Crippen molar-refractivity contribution in [2.75, 3.05) is 0 Å². The van der Waals surface area contributed by atoms with Gasteiger partial charge in [-0.2, -0.15) is 0 Å². The van der Waals surface area contributed by atoms with Gasteiger partial charge in [-0.15, -0.1) is 0 Å². The van der Waals surface area contributed by atoms with Gasteiger partial charge in [0.15, 0.2) is 11.6 Å². The zero-order valence-electron chi connectivity index (χ0n) is 13.7. The van der Waals surface area contributed by atoms with Crippen LogP contribution in [0.3, 0.4) is 0 Å². The molecular weight excluding hydrogens is 272 g/mol. The van der Waals surface area contributed by atoms with E-state index in [1.807, 2.05) is 26.8 Å². The van der Waals surface area contributed by atoms with Crippen molar-refractivity contribution in [3.05, 3.63) is 47.6 Å². The van der Waals surface area contributed by atoms with Crippen LogP contribution >= 0.6 is 0 Å². The lowest BCUT2D eigenvalue weighted by molar-refractivity contribution is -0.119. The van der Waals surface area contributed by atoms with E-state index in [-0.39, 0.29) is 41.2 Å². The number of Topliss-reactive ketones (excluding diaryl/α,β-unsaturated/α-hetero) is 2. The minimum atomic E-state index is -0.0677. The molecule has 1 unspecified atom stereocenters. The molecule has 0 saturated heterocycles. The zero-order valence-corrected chi connectivity index (χ0v) is 13.7. The summed E-state index contributed by atoms with van der Waals surface area (Å²) in [5.74, 6) is 0.686. The molecule has 0 bridgehead atoms. The minimum Gasteiger partial charge on any atom is -0.294 e. The highest BCUT2D eigenvalue weighted by Crippen LogP contribution is 2.50. The van der Waals surface area contributed by atoms with Crippen LogP contribution in [0, 0.1) is 29.6 Å². The Hall–Kier alpha value is -1.70. The number of allylic oxidation sites excluding steroid dienone is 6. The zero-order chi connectivity index (χ0) is 16.2. The van der Waals surface area contributed by atoms with Crippen molar-refractivity contribution in [1.82, 2.24) is 0 Å². The predicted octanol–water partition coefficient (Wildman–Crippen LogP) is 4.05. The van der Waals surface area contributed by atoms with Gasteiger partial charge in [0, 0.05) is 34.8 Å². The van der Waals surface area contributed by atoms with Crippen molar-refractivity contribution in [2.45, 2.75) is 33.6 Å². The molecule has 116 valence electrons. The van der Waals surface area contributed by atoms with E-state index in [4.69, 9.17) is 0 Å². The van der Waals surface area contributed by atoms with Crippen molar-refractivity contribution in [3.63, 3.8) is 0 Å². The first kappa shape index (κ1) is 15.2. The Morgan fingerprint density at radius 3 is 2.50 bits per heavy atom. The predicted molar refractivity (Wildman–Crippen MR) is 88.2 cm³/mol. The normalized spacial score (nSPS) is 38.0. The Balaban J connectivity index is 2.17. The molecule has 2 heteroatoms. The van der Waals surface area contributed by atoms with Crippen LogP contribution < -0.4 is 0 Å². The Labute approximate surface area is 132 Å². The van der Waals surface area contributed by atoms with Crippen LogP contribution in [0.4, 0.5) is 0 Å². The van der Waals surface area contributed by atoms with Crippen LogP contribution in [-0.4, -0.2) is 11.6 Å². The van der Waals surface area contributed by atoms with E-state index in [9.17, 15) is 9.59 Å². The highest BCUT2D eigenvalue weighted by molar-refractivity contribution is 6.12. The first-order valence-electron chi connectivity index (χ1n) is 8.16. The Kier molecular flexibility index (Phi) is 3.58. The summed E-state index contributed by atoms with van der Waals surface area (Å²) in [7, 11) is 0. The van der Waals surface area contributed by atoms with E-state index < -0.39 is 0 Å². The second kappa shape index (κ2) is 5.19. The molecular formula is C20H24O2. The molecule has 22 heavy (non-hydrogen) atoms. The molecule has 3 aliphatic carbocycles. The third-order valence-electron chi connectivity index (χ3n) is 5.61. The van der Waals surface area contributed by atoms with Gasteiger partial charge in [0.2, 0.25) is 0 Å². The average molecular weight is 296 g/mol. The van der Waals surface area contributed by atoms with Gasteiger partial charge < -0.3 is 0 Å². The maximum absolute atomic E-state index is 12.8. The summed E-state index contributed by atoms with van der Waals surface area (Å²) in [6.07, 6.45) is 5.59. The second-order valence-electron chi connectivity index (χ2n) is 7.31. The van der Waals surface area contributed by atoms with E-state index in [0.29, 0.717) is 6.42 Å². The third-order valence-corrected chi connectivity index (χ3v) is 5.61. The molecule has 0 N–H and O–H groups in total. The molecule has 0 spiro atoms. The number of rotatable bonds is 1. The molecule has 5 atom stereocenters. The minimum absolute atomic E-state index is 0.00644. The molecule has 0 heterocycles. The lowest BCUT2D eigenvalue weighted by Crippen LogP contribution is -2.31. The van der Waals surface area contributed by atoms with Crippen LogP contribution in [0.1, 0.15) is 33.6 Å². The summed E-state index contributed by atoms with van der Waals surface area (Å²) in [6, 6.07) is 0. The number of hydrogen-bond donors (Lipinski definition) is 0. The van der Waals surface area contributed by atoms with Crippen molar-refractivity contribution in [2.24, 2.45) is 29.6 Å². The Bertz CT molecular complexity index is 647. The molecule has 3 aliphatic rings. The molecule has 0 aliphatic heterocycles. The fourth-order valence-corrected chi connectivity index (χ4v) is 4.48. The SMILES string of the molecule is C=C1C=C[C@@H](C(=C)C)[C@@H]2C[C@@H](C)C(=O)C3=C(C(=O)[C@@H](C)C3)C12. The number of carbonyl (C=O) groups excluding carboxylic acids is 2. The topological polar surface area (TPSA) is 34.1 Å². The first-order valence-corrected chi connectivity index (χ1v) is 8.16. The third kappa shape index (κ3) is 2.08. The molecule has 0 aromatic carbocycles. The molecule has 2 nitrogen and oxygen atoms in total. The van der Waals surface area contributed by atoms with Gasteiger partial charge in [-0.3, -0.25) is 9.59 Å². The van der Waals surface area contributed by atoms with E-state index in [2.05, 4.69) is 19.2 Å². The highest BCUT2D eigenvalue weighted by atomic mass is 16.1. The van der Waals surface area contributed by atoms with E-state index in [1.54, 1.807) is 0 Å². The smallest absolute Gasteiger partial charge is 0.163 e. The summed E-state index contributed by atoms with van der Waals surface area (Å²) in [6.45, 7) is 14.3. The highest BCUT2D eigenvalue weighted by Gasteiger charge is 2.47. The lowest BCUT2D eigenvalue weighted by atomic mass is 9.66. The standard InChI is InChI=1S/C20H24O2/c1-10(2)14-7-6-11(3)17-15(14)8-12(4)19(21)16-9-13(5)20(22)18(16)17/h6-7,12-15,17H,1,3,8-9H2,2,4-5H3/t12-,13+,14+,15+,17?/m1/s1. The van der Waals surface area contributed by atoms with Gasteiger partial charge in [0.05, 0.1) is 0 Å². The summed E-state index contributed by atoms with van der Waals surface area (Å²) < 4.78 is 0. The molecule has 0 amide bonds. The molecule has 0 fully saturated rings. The quantitative estimate of drug-likeness (QED) is 0.684. The second-order valence-corrected chi connectivity index (χ2v) is 7.31. The monoisotopic (exact) mass is 296 g/mol. The number of carbonyl (C=O) groups is 2. The van der Waals surface area contributed by atoms with Gasteiger partial charge in [0.1, 0.15) is 0 Å². The fraction of sp³-hybridized carbons (Fsp3) is 0.500. The first-order chi connectivity index (χ1) is 10.3. The summed E-state index contributed by atoms with van der Waals surface area (Å²) in [4.78, 5) is 25.5. The van der Waals surface area contributed by atoms with Crippen LogP contribution in [0.25, 0.3) is 0 Å². The van der Waals surface area contributed by atoms with Gasteiger partial charge >= 0.3 is 0 Å². The van der Waals surface area contributed by atoms with Gasteiger partial charge in [-0.1, -0.05) is 44.7 Å². The Morgan fingerprint density at radius 1 is 1.18 bits per heavy atom. The number of fused-ring (bicyclic) bond motifs is 2. The largest absolute Gasteiger partial charge is 0.294 e. The summed E-state index contributed by atoms with van der Waals surface area (Å²) >= 11 is 0. The van der Waals surface area contributed by atoms with Crippen molar-refractivity contribution < 1.29 is 9.59 Å². The molecule has 0 saturated carbocycles. The van der Waals surface area contributed by atoms with Gasteiger partial charge in [-0.25, -0.2) is 0 Å². The Morgan fingerprint density at radius 2 is 1.86 bits per heavy atom. The maximum Gasteiger partial charge on any atom is 0.163 e. The lowest BCUT2D eigenvalue weighted by Gasteiger charge is -2.37. The average Bonchev–Trinajstić information content (AvgIpc) is 2.68. The van der Waals surface area contributed by atoms with Crippen LogP contribution in [-0.2, 0) is 9.59 Å². The van der Waals surface area contributed by atoms with Crippen LogP contribution in [0.5, 0.6) is 0 Å². The fourth-order valence-electron chi connectivity index (χ4n) is 4.48. The van der Waals surface area contributed by atoms with E-state index in [0.717, 1.165) is 28.7 Å². The molecule has 3 rings (SSSR count). The van der Waals surface area contributed by atoms with Crippen molar-refractivity contribution in [1.29, 1.82) is 0 Å². The van der Waals surface area contributed by atoms with Crippen molar-refractivity contribution in [3.8, 4) is 0 Å². The molecule has 0 radical (unpaired) electrons. The molecule has 0 aromatic rings. The van der Waals surface area contributed by atoms with Gasteiger partial charge in [0.25, 0.3) is 0 Å². The molecule has 0 aromatic heterocycles. The van der Waals surface area contributed by atoms with E-state index in [1.165, 1.54) is 0 Å².